The van der Waals surface area contributed by atoms with Gasteiger partial charge in [0.1, 0.15) is 11.5 Å². The molecule has 3 rings (SSSR count). The Morgan fingerprint density at radius 3 is 2.74 bits per heavy atom. The van der Waals surface area contributed by atoms with E-state index in [0.717, 1.165) is 12.0 Å². The second-order valence-corrected chi connectivity index (χ2v) is 7.67. The van der Waals surface area contributed by atoms with E-state index in [-0.39, 0.29) is 5.89 Å². The first-order chi connectivity index (χ1) is 10.9. The van der Waals surface area contributed by atoms with Crippen LogP contribution in [0.25, 0.3) is 0 Å². The lowest BCUT2D eigenvalue weighted by Crippen LogP contribution is -2.39. The van der Waals surface area contributed by atoms with Gasteiger partial charge in [0.2, 0.25) is 11.8 Å². The molecule has 1 aliphatic rings. The number of fused-ring (bicyclic) bond motifs is 1. The molecule has 0 bridgehead atoms. The van der Waals surface area contributed by atoms with Crippen LogP contribution in [0.1, 0.15) is 22.8 Å². The average Bonchev–Trinajstić information content (AvgIpc) is 2.90. The Morgan fingerprint density at radius 1 is 1.30 bits per heavy atom. The molecule has 0 aliphatic carbocycles. The normalized spacial score (nSPS) is 14.6. The molecule has 1 aromatic carbocycles. The van der Waals surface area contributed by atoms with Crippen LogP contribution in [-0.4, -0.2) is 41.7 Å². The maximum Gasteiger partial charge on any atom is 0.241 e. The highest BCUT2D eigenvalue weighted by Crippen LogP contribution is 2.19. The molecule has 0 fully saturated rings. The summed E-state index contributed by atoms with van der Waals surface area (Å²) in [4.78, 5) is 17.7. The molecule has 0 saturated heterocycles. The Kier molecular flexibility index (Phi) is 4.16. The standard InChI is InChI=1S/C15H17N3O4S/c1-11-16-14(22-17-11)9-23(20,21)10-15(19)18-7-6-12-4-2-3-5-13(12)8-18/h2-5H,6-10H2,1H3. The number of rotatable bonds is 4. The van der Waals surface area contributed by atoms with Gasteiger partial charge in [0, 0.05) is 13.1 Å². The van der Waals surface area contributed by atoms with E-state index in [9.17, 15) is 13.2 Å². The van der Waals surface area contributed by atoms with E-state index >= 15 is 0 Å². The largest absolute Gasteiger partial charge is 0.338 e. The van der Waals surface area contributed by atoms with Crippen molar-refractivity contribution in [1.29, 1.82) is 0 Å². The van der Waals surface area contributed by atoms with Gasteiger partial charge in [-0.1, -0.05) is 29.4 Å². The first-order valence-electron chi connectivity index (χ1n) is 7.27. The number of aromatic nitrogens is 2. The third-order valence-corrected chi connectivity index (χ3v) is 5.11. The van der Waals surface area contributed by atoms with Gasteiger partial charge in [-0.25, -0.2) is 8.42 Å². The first-order valence-corrected chi connectivity index (χ1v) is 9.09. The van der Waals surface area contributed by atoms with E-state index < -0.39 is 27.3 Å². The highest BCUT2D eigenvalue weighted by molar-refractivity contribution is 7.91. The zero-order valence-electron chi connectivity index (χ0n) is 12.7. The summed E-state index contributed by atoms with van der Waals surface area (Å²) < 4.78 is 29.1. The lowest BCUT2D eigenvalue weighted by Gasteiger charge is -2.28. The third kappa shape index (κ3) is 3.76. The van der Waals surface area contributed by atoms with Gasteiger partial charge in [-0.05, 0) is 24.5 Å². The SMILES string of the molecule is Cc1noc(CS(=O)(=O)CC(=O)N2CCc3ccccc3C2)n1. The minimum Gasteiger partial charge on any atom is -0.338 e. The van der Waals surface area contributed by atoms with Crippen molar-refractivity contribution in [2.75, 3.05) is 12.3 Å². The third-order valence-electron chi connectivity index (χ3n) is 3.74. The molecule has 0 spiro atoms. The topological polar surface area (TPSA) is 93.4 Å². The molecule has 8 heteroatoms. The smallest absolute Gasteiger partial charge is 0.241 e. The molecular formula is C15H17N3O4S. The van der Waals surface area contributed by atoms with Crippen molar-refractivity contribution in [3.05, 3.63) is 47.1 Å². The summed E-state index contributed by atoms with van der Waals surface area (Å²) in [6, 6.07) is 7.88. The van der Waals surface area contributed by atoms with Gasteiger partial charge in [0.15, 0.2) is 15.7 Å². The second kappa shape index (κ2) is 6.11. The van der Waals surface area contributed by atoms with Gasteiger partial charge in [-0.3, -0.25) is 4.79 Å². The first kappa shape index (κ1) is 15.7. The number of amides is 1. The summed E-state index contributed by atoms with van der Waals surface area (Å²) in [7, 11) is -3.63. The molecule has 1 amide bonds. The van der Waals surface area contributed by atoms with E-state index in [0.29, 0.717) is 18.9 Å². The fraction of sp³-hybridized carbons (Fsp3) is 0.400. The van der Waals surface area contributed by atoms with Crippen LogP contribution in [0.5, 0.6) is 0 Å². The lowest BCUT2D eigenvalue weighted by atomic mass is 10.00. The highest BCUT2D eigenvalue weighted by Gasteiger charge is 2.26. The van der Waals surface area contributed by atoms with Crippen LogP contribution in [0.15, 0.2) is 28.8 Å². The number of benzene rings is 1. The summed E-state index contributed by atoms with van der Waals surface area (Å²) in [5.74, 6) is -0.968. The Bertz CT molecular complexity index is 829. The minimum atomic E-state index is -3.63. The quantitative estimate of drug-likeness (QED) is 0.823. The second-order valence-electron chi connectivity index (χ2n) is 5.60. The number of hydrogen-bond donors (Lipinski definition) is 0. The molecule has 2 aromatic rings. The van der Waals surface area contributed by atoms with Crippen LogP contribution >= 0.6 is 0 Å². The van der Waals surface area contributed by atoms with Crippen molar-refractivity contribution in [3.63, 3.8) is 0 Å². The number of carbonyl (C=O) groups excluding carboxylic acids is 1. The number of carbonyl (C=O) groups is 1. The van der Waals surface area contributed by atoms with Crippen molar-refractivity contribution in [2.24, 2.45) is 0 Å². The summed E-state index contributed by atoms with van der Waals surface area (Å²) in [5.41, 5.74) is 2.28. The van der Waals surface area contributed by atoms with Gasteiger partial charge in [-0.2, -0.15) is 4.98 Å². The van der Waals surface area contributed by atoms with E-state index in [1.54, 1.807) is 11.8 Å². The zero-order chi connectivity index (χ0) is 16.4. The number of aryl methyl sites for hydroxylation is 1. The molecule has 0 radical (unpaired) electrons. The van der Waals surface area contributed by atoms with E-state index in [1.165, 1.54) is 5.56 Å². The van der Waals surface area contributed by atoms with E-state index in [4.69, 9.17) is 4.52 Å². The molecule has 0 atom stereocenters. The molecule has 1 aliphatic heterocycles. The minimum absolute atomic E-state index is 0.0132. The molecule has 0 N–H and O–H groups in total. The Balaban J connectivity index is 1.65. The maximum atomic E-state index is 12.3. The molecule has 0 saturated carbocycles. The highest BCUT2D eigenvalue weighted by atomic mass is 32.2. The predicted octanol–water partition coefficient (Wildman–Crippen LogP) is 0.878. The molecule has 0 unspecified atom stereocenters. The molecule has 2 heterocycles. The predicted molar refractivity (Wildman–Crippen MR) is 82.1 cm³/mol. The number of hydrogen-bond acceptors (Lipinski definition) is 6. The molecular weight excluding hydrogens is 318 g/mol. The van der Waals surface area contributed by atoms with Crippen LogP contribution < -0.4 is 0 Å². The van der Waals surface area contributed by atoms with Crippen LogP contribution in [0, 0.1) is 6.92 Å². The Labute approximate surface area is 134 Å². The maximum absolute atomic E-state index is 12.3. The van der Waals surface area contributed by atoms with E-state index in [2.05, 4.69) is 10.1 Å². The van der Waals surface area contributed by atoms with Crippen LogP contribution in [-0.2, 0) is 33.4 Å². The van der Waals surface area contributed by atoms with Crippen LogP contribution in [0.3, 0.4) is 0 Å². The van der Waals surface area contributed by atoms with Gasteiger partial charge < -0.3 is 9.42 Å². The Hall–Kier alpha value is -2.22. The number of nitrogens with zero attached hydrogens (tertiary/aromatic N) is 3. The summed E-state index contributed by atoms with van der Waals surface area (Å²) >= 11 is 0. The van der Waals surface area contributed by atoms with Gasteiger partial charge in [0.05, 0.1) is 0 Å². The fourth-order valence-corrected chi connectivity index (χ4v) is 3.78. The zero-order valence-corrected chi connectivity index (χ0v) is 13.5. The van der Waals surface area contributed by atoms with Gasteiger partial charge in [-0.15, -0.1) is 0 Å². The average molecular weight is 335 g/mol. The Morgan fingerprint density at radius 2 is 2.04 bits per heavy atom. The van der Waals surface area contributed by atoms with Crippen molar-refractivity contribution in [3.8, 4) is 0 Å². The molecule has 23 heavy (non-hydrogen) atoms. The summed E-state index contributed by atoms with van der Waals surface area (Å²) in [6.07, 6.45) is 0.741. The molecule has 1 aromatic heterocycles. The van der Waals surface area contributed by atoms with Crippen molar-refractivity contribution in [2.45, 2.75) is 25.6 Å². The molecule has 7 nitrogen and oxygen atoms in total. The van der Waals surface area contributed by atoms with Crippen molar-refractivity contribution >= 4 is 15.7 Å². The monoisotopic (exact) mass is 335 g/mol. The fourth-order valence-electron chi connectivity index (χ4n) is 2.63. The van der Waals surface area contributed by atoms with Crippen molar-refractivity contribution in [1.82, 2.24) is 15.0 Å². The van der Waals surface area contributed by atoms with Crippen molar-refractivity contribution < 1.29 is 17.7 Å². The number of sulfone groups is 1. The molecule has 122 valence electrons. The lowest BCUT2D eigenvalue weighted by molar-refractivity contribution is -0.129. The van der Waals surface area contributed by atoms with Crippen LogP contribution in [0.2, 0.25) is 0 Å². The summed E-state index contributed by atoms with van der Waals surface area (Å²) in [6.45, 7) is 2.59. The van der Waals surface area contributed by atoms with Gasteiger partial charge in [0.25, 0.3) is 0 Å². The van der Waals surface area contributed by atoms with Gasteiger partial charge >= 0.3 is 0 Å². The van der Waals surface area contributed by atoms with Crippen LogP contribution in [0.4, 0.5) is 0 Å². The summed E-state index contributed by atoms with van der Waals surface area (Å²) in [5, 5.41) is 3.55. The van der Waals surface area contributed by atoms with E-state index in [1.807, 2.05) is 24.3 Å².